The molecule has 4 rings (SSSR count). The van der Waals surface area contributed by atoms with Gasteiger partial charge in [0.15, 0.2) is 0 Å². The highest BCUT2D eigenvalue weighted by atomic mass is 19.3. The first-order chi connectivity index (χ1) is 14.4. The van der Waals surface area contributed by atoms with Crippen LogP contribution < -0.4 is 5.73 Å². The van der Waals surface area contributed by atoms with Gasteiger partial charge >= 0.3 is 0 Å². The number of fused-ring (bicyclic) bond motifs is 3. The Morgan fingerprint density at radius 3 is 2.67 bits per heavy atom. The Morgan fingerprint density at radius 1 is 1.23 bits per heavy atom. The molecule has 0 saturated heterocycles. The van der Waals surface area contributed by atoms with Crippen molar-refractivity contribution in [3.05, 3.63) is 58.7 Å². The van der Waals surface area contributed by atoms with Crippen molar-refractivity contribution in [2.45, 2.75) is 39.5 Å². The van der Waals surface area contributed by atoms with E-state index in [1.54, 1.807) is 17.9 Å². The summed E-state index contributed by atoms with van der Waals surface area (Å²) in [5.74, 6) is 0.133. The van der Waals surface area contributed by atoms with Gasteiger partial charge in [0, 0.05) is 29.3 Å². The van der Waals surface area contributed by atoms with Crippen LogP contribution in [-0.4, -0.2) is 32.3 Å². The second-order valence-electron chi connectivity index (χ2n) is 7.12. The molecule has 3 aromatic heterocycles. The first-order valence-corrected chi connectivity index (χ1v) is 9.60. The third-order valence-electron chi connectivity index (χ3n) is 5.39. The highest BCUT2D eigenvalue weighted by molar-refractivity contribution is 5.97. The molecule has 1 amide bonds. The van der Waals surface area contributed by atoms with Crippen molar-refractivity contribution >= 4 is 22.6 Å². The lowest BCUT2D eigenvalue weighted by Crippen LogP contribution is -2.34. The molecule has 0 spiro atoms. The van der Waals surface area contributed by atoms with Crippen LogP contribution in [0, 0.1) is 0 Å². The number of carbonyl (C=O) groups excluding carboxylic acids is 1. The lowest BCUT2D eigenvalue weighted by atomic mass is 10.0. The van der Waals surface area contributed by atoms with E-state index in [1.165, 1.54) is 18.3 Å². The van der Waals surface area contributed by atoms with Gasteiger partial charge in [0.25, 0.3) is 12.3 Å². The van der Waals surface area contributed by atoms with Gasteiger partial charge in [-0.25, -0.2) is 18.7 Å². The summed E-state index contributed by atoms with van der Waals surface area (Å²) in [4.78, 5) is 27.6. The largest absolute Gasteiger partial charge is 0.383 e. The molecule has 0 fully saturated rings. The van der Waals surface area contributed by atoms with Gasteiger partial charge in [-0.3, -0.25) is 9.78 Å². The molecule has 4 heterocycles. The predicted octanol–water partition coefficient (Wildman–Crippen LogP) is 3.80. The smallest absolute Gasteiger partial charge is 0.273 e. The number of ether oxygens (including phenoxy) is 1. The van der Waals surface area contributed by atoms with Crippen molar-refractivity contribution in [3.8, 4) is 0 Å². The number of hydrogen-bond acceptors (Lipinski definition) is 6. The van der Waals surface area contributed by atoms with Crippen LogP contribution in [0.5, 0.6) is 0 Å². The second-order valence-corrected chi connectivity index (χ2v) is 7.12. The van der Waals surface area contributed by atoms with Gasteiger partial charge in [0.05, 0.1) is 36.7 Å². The average Bonchev–Trinajstić information content (AvgIpc) is 3.25. The molecule has 1 aliphatic heterocycles. The molecule has 7 nitrogen and oxygen atoms in total. The van der Waals surface area contributed by atoms with E-state index in [0.717, 1.165) is 22.7 Å². The van der Waals surface area contributed by atoms with E-state index in [0.29, 0.717) is 36.8 Å². The number of alkyl halides is 2. The lowest BCUT2D eigenvalue weighted by molar-refractivity contribution is 0.0692. The molecule has 30 heavy (non-hydrogen) atoms. The molecule has 0 aromatic carbocycles. The fraction of sp³-hybridized carbons (Fsp3) is 0.333. The number of anilines is 1. The van der Waals surface area contributed by atoms with Gasteiger partial charge < -0.3 is 15.4 Å². The van der Waals surface area contributed by atoms with Gasteiger partial charge in [-0.15, -0.1) is 0 Å². The molecule has 0 radical (unpaired) electrons. The molecule has 0 unspecified atom stereocenters. The maximum Gasteiger partial charge on any atom is 0.273 e. The minimum atomic E-state index is -2.58. The summed E-state index contributed by atoms with van der Waals surface area (Å²) in [5.41, 5.74) is 9.00. The van der Waals surface area contributed by atoms with Crippen molar-refractivity contribution in [3.63, 3.8) is 0 Å². The highest BCUT2D eigenvalue weighted by Crippen LogP contribution is 2.31. The van der Waals surface area contributed by atoms with E-state index < -0.39 is 12.5 Å². The topological polar surface area (TPSA) is 94.2 Å². The fourth-order valence-electron chi connectivity index (χ4n) is 3.68. The SMILES string of the molecule is CCN(C(=O)c1cc2c3c(c(N)nc2cn1)COC3)[C@H](C)c1ccc(C(F)F)cn1. The standard InChI is InChI=1S/C21H21F2N5O2/c1-3-28(11(2)16-5-4-12(7-25-16)19(22)23)21(29)17-6-13-14-9-30-10-15(14)20(24)27-18(13)8-26-17/h4-8,11,19H,3,9-10H2,1-2H3,(H2,24,27)/t11-/m1/s1. The first-order valence-electron chi connectivity index (χ1n) is 9.60. The zero-order valence-electron chi connectivity index (χ0n) is 16.6. The summed E-state index contributed by atoms with van der Waals surface area (Å²) in [6.07, 6.45) is 0.0923. The first kappa shape index (κ1) is 20.1. The van der Waals surface area contributed by atoms with E-state index in [4.69, 9.17) is 10.5 Å². The molecule has 3 aromatic rings. The van der Waals surface area contributed by atoms with E-state index >= 15 is 0 Å². The van der Waals surface area contributed by atoms with Crippen molar-refractivity contribution in [2.75, 3.05) is 12.3 Å². The molecule has 156 valence electrons. The zero-order chi connectivity index (χ0) is 21.4. The Hall–Kier alpha value is -3.20. The van der Waals surface area contributed by atoms with Gasteiger partial charge in [0.2, 0.25) is 0 Å². The predicted molar refractivity (Wildman–Crippen MR) is 107 cm³/mol. The molecular weight excluding hydrogens is 392 g/mol. The summed E-state index contributed by atoms with van der Waals surface area (Å²) in [7, 11) is 0. The van der Waals surface area contributed by atoms with Crippen LogP contribution in [0.2, 0.25) is 0 Å². The number of halogens is 2. The number of pyridine rings is 3. The Kier molecular flexibility index (Phi) is 5.29. The van der Waals surface area contributed by atoms with Crippen LogP contribution >= 0.6 is 0 Å². The fourth-order valence-corrected chi connectivity index (χ4v) is 3.68. The normalized spacial score (nSPS) is 14.2. The molecule has 0 saturated carbocycles. The Balaban J connectivity index is 1.66. The molecule has 2 N–H and O–H groups in total. The van der Waals surface area contributed by atoms with E-state index in [9.17, 15) is 13.6 Å². The Morgan fingerprint density at radius 2 is 2.00 bits per heavy atom. The van der Waals surface area contributed by atoms with Crippen LogP contribution in [0.15, 0.2) is 30.6 Å². The number of nitrogen functional groups attached to an aromatic ring is 1. The van der Waals surface area contributed by atoms with Crippen LogP contribution in [0.4, 0.5) is 14.6 Å². The summed E-state index contributed by atoms with van der Waals surface area (Å²) in [6, 6.07) is 4.15. The number of nitrogens with two attached hydrogens (primary N) is 1. The number of hydrogen-bond donors (Lipinski definition) is 1. The van der Waals surface area contributed by atoms with Gasteiger partial charge in [-0.05, 0) is 37.6 Å². The van der Waals surface area contributed by atoms with Crippen molar-refractivity contribution < 1.29 is 18.3 Å². The average molecular weight is 413 g/mol. The number of carbonyl (C=O) groups is 1. The third kappa shape index (κ3) is 3.45. The van der Waals surface area contributed by atoms with Crippen molar-refractivity contribution in [2.24, 2.45) is 0 Å². The van der Waals surface area contributed by atoms with E-state index in [2.05, 4.69) is 15.0 Å². The minimum absolute atomic E-state index is 0.153. The minimum Gasteiger partial charge on any atom is -0.383 e. The molecule has 0 aliphatic carbocycles. The number of rotatable bonds is 5. The van der Waals surface area contributed by atoms with Crippen LogP contribution in [0.1, 0.15) is 59.2 Å². The molecule has 1 atom stereocenters. The van der Waals surface area contributed by atoms with Crippen LogP contribution in [-0.2, 0) is 18.0 Å². The lowest BCUT2D eigenvalue weighted by Gasteiger charge is -2.27. The van der Waals surface area contributed by atoms with Gasteiger partial charge in [-0.2, -0.15) is 0 Å². The van der Waals surface area contributed by atoms with Gasteiger partial charge in [0.1, 0.15) is 11.5 Å². The molecule has 0 bridgehead atoms. The Labute approximate surface area is 171 Å². The Bertz CT molecular complexity index is 1100. The molecular formula is C21H21F2N5O2. The van der Waals surface area contributed by atoms with Crippen molar-refractivity contribution in [1.82, 2.24) is 19.9 Å². The van der Waals surface area contributed by atoms with E-state index in [-0.39, 0.29) is 17.2 Å². The number of aromatic nitrogens is 3. The number of nitrogens with zero attached hydrogens (tertiary/aromatic N) is 4. The summed E-state index contributed by atoms with van der Waals surface area (Å²) in [5, 5.41) is 0.790. The zero-order valence-corrected chi connectivity index (χ0v) is 16.6. The third-order valence-corrected chi connectivity index (χ3v) is 5.39. The van der Waals surface area contributed by atoms with Crippen molar-refractivity contribution in [1.29, 1.82) is 0 Å². The quantitative estimate of drug-likeness (QED) is 0.684. The molecule has 9 heteroatoms. The maximum absolute atomic E-state index is 13.2. The van der Waals surface area contributed by atoms with Gasteiger partial charge in [-0.1, -0.05) is 0 Å². The van der Waals surface area contributed by atoms with Crippen LogP contribution in [0.3, 0.4) is 0 Å². The van der Waals surface area contributed by atoms with E-state index in [1.807, 2.05) is 6.92 Å². The summed E-state index contributed by atoms with van der Waals surface area (Å²) < 4.78 is 31.1. The monoisotopic (exact) mass is 413 g/mol. The summed E-state index contributed by atoms with van der Waals surface area (Å²) in [6.45, 7) is 4.86. The maximum atomic E-state index is 13.2. The number of amides is 1. The summed E-state index contributed by atoms with van der Waals surface area (Å²) >= 11 is 0. The second kappa shape index (κ2) is 7.91. The van der Waals surface area contributed by atoms with Crippen LogP contribution in [0.25, 0.3) is 10.9 Å². The highest BCUT2D eigenvalue weighted by Gasteiger charge is 2.25. The molecule has 1 aliphatic rings.